The van der Waals surface area contributed by atoms with E-state index in [-0.39, 0.29) is 5.91 Å². The number of rotatable bonds is 8. The number of aryl methyl sites for hydroxylation is 1. The highest BCUT2D eigenvalue weighted by molar-refractivity contribution is 5.84. The van der Waals surface area contributed by atoms with Crippen LogP contribution in [0.3, 0.4) is 0 Å². The Labute approximate surface area is 158 Å². The van der Waals surface area contributed by atoms with Gasteiger partial charge in [-0.05, 0) is 30.0 Å². The number of carbonyl (C=O) groups excluding carboxylic acids is 1. The smallest absolute Gasteiger partial charge is 0.326 e. The monoisotopic (exact) mass is 364 g/mol. The third-order valence-electron chi connectivity index (χ3n) is 4.93. The zero-order valence-electron chi connectivity index (χ0n) is 15.4. The van der Waals surface area contributed by atoms with E-state index in [2.05, 4.69) is 11.1 Å². The van der Waals surface area contributed by atoms with Crippen LogP contribution in [0.5, 0.6) is 0 Å². The summed E-state index contributed by atoms with van der Waals surface area (Å²) in [5, 5.41) is 10.7. The topological polar surface area (TPSA) is 73.4 Å². The lowest BCUT2D eigenvalue weighted by Crippen LogP contribution is -2.43. The van der Waals surface area contributed by atoms with E-state index < -0.39 is 12.0 Å². The Morgan fingerprint density at radius 3 is 2.52 bits per heavy atom. The van der Waals surface area contributed by atoms with E-state index in [9.17, 15) is 14.7 Å². The number of aliphatic carboxylic acids is 1. The molecule has 3 aromatic rings. The molecule has 0 saturated carbocycles. The number of para-hydroxylation sites is 1. The van der Waals surface area contributed by atoms with E-state index in [1.165, 1.54) is 15.8 Å². The number of amides is 1. The van der Waals surface area contributed by atoms with Crippen molar-refractivity contribution in [3.63, 3.8) is 0 Å². The second-order valence-electron chi connectivity index (χ2n) is 6.76. The molecule has 1 atom stereocenters. The number of benzene rings is 2. The van der Waals surface area contributed by atoms with Crippen LogP contribution >= 0.6 is 0 Å². The molecule has 3 rings (SSSR count). The van der Waals surface area contributed by atoms with Gasteiger partial charge in [-0.2, -0.15) is 0 Å². The van der Waals surface area contributed by atoms with Crippen molar-refractivity contribution in [1.29, 1.82) is 0 Å². The van der Waals surface area contributed by atoms with Gasteiger partial charge in [0.15, 0.2) is 0 Å². The third-order valence-corrected chi connectivity index (χ3v) is 4.93. The first-order valence-corrected chi connectivity index (χ1v) is 9.13. The summed E-state index contributed by atoms with van der Waals surface area (Å²) in [6.45, 7) is 0. The van der Waals surface area contributed by atoms with E-state index in [1.807, 2.05) is 54.7 Å². The number of nitrogens with zero attached hydrogens (tertiary/aromatic N) is 1. The normalized spacial score (nSPS) is 12.0. The molecule has 2 N–H and O–H groups in total. The fourth-order valence-electron chi connectivity index (χ4n) is 3.35. The number of carboxylic acid groups (broad SMARTS) is 1. The molecule has 27 heavy (non-hydrogen) atoms. The number of hydrogen-bond donors (Lipinski definition) is 2. The van der Waals surface area contributed by atoms with Crippen molar-refractivity contribution in [3.8, 4) is 0 Å². The highest BCUT2D eigenvalue weighted by Gasteiger charge is 2.26. The van der Waals surface area contributed by atoms with Crippen molar-refractivity contribution in [1.82, 2.24) is 9.88 Å². The van der Waals surface area contributed by atoms with E-state index in [1.54, 1.807) is 7.05 Å². The van der Waals surface area contributed by atoms with Crippen LogP contribution in [0.25, 0.3) is 10.9 Å². The van der Waals surface area contributed by atoms with Gasteiger partial charge in [-0.3, -0.25) is 4.79 Å². The molecule has 140 valence electrons. The third kappa shape index (κ3) is 4.56. The number of hydrogen-bond acceptors (Lipinski definition) is 2. The van der Waals surface area contributed by atoms with Gasteiger partial charge in [0, 0.05) is 37.0 Å². The SMILES string of the molecule is CN(C(=O)CCCc1c[nH]c2ccccc12)C(Cc1ccccc1)C(=O)O. The van der Waals surface area contributed by atoms with Crippen molar-refractivity contribution < 1.29 is 14.7 Å². The minimum absolute atomic E-state index is 0.141. The van der Waals surface area contributed by atoms with Gasteiger partial charge in [-0.25, -0.2) is 4.79 Å². The molecule has 2 aromatic carbocycles. The first-order valence-electron chi connectivity index (χ1n) is 9.13. The highest BCUT2D eigenvalue weighted by Crippen LogP contribution is 2.20. The van der Waals surface area contributed by atoms with Gasteiger partial charge in [0.1, 0.15) is 6.04 Å². The first kappa shape index (κ1) is 18.7. The van der Waals surface area contributed by atoms with Gasteiger partial charge < -0.3 is 15.0 Å². The number of aromatic nitrogens is 1. The molecule has 0 fully saturated rings. The molecule has 0 aliphatic carbocycles. The lowest BCUT2D eigenvalue weighted by atomic mass is 10.0. The lowest BCUT2D eigenvalue weighted by molar-refractivity contribution is -0.149. The molecule has 1 unspecified atom stereocenters. The zero-order valence-corrected chi connectivity index (χ0v) is 15.4. The Morgan fingerprint density at radius 1 is 1.07 bits per heavy atom. The van der Waals surface area contributed by atoms with E-state index in [0.717, 1.165) is 17.5 Å². The molecular formula is C22H24N2O3. The van der Waals surface area contributed by atoms with Gasteiger partial charge in [0.2, 0.25) is 5.91 Å². The van der Waals surface area contributed by atoms with Crippen LogP contribution in [0, 0.1) is 0 Å². The molecule has 0 aliphatic rings. The van der Waals surface area contributed by atoms with Crippen molar-refractivity contribution in [3.05, 3.63) is 71.9 Å². The molecule has 0 spiro atoms. The number of carbonyl (C=O) groups is 2. The van der Waals surface area contributed by atoms with Crippen LogP contribution in [0.2, 0.25) is 0 Å². The van der Waals surface area contributed by atoms with Gasteiger partial charge in [0.05, 0.1) is 0 Å². The lowest BCUT2D eigenvalue weighted by Gasteiger charge is -2.25. The van der Waals surface area contributed by atoms with Crippen molar-refractivity contribution in [2.45, 2.75) is 31.7 Å². The minimum atomic E-state index is -0.980. The van der Waals surface area contributed by atoms with Crippen LogP contribution in [0.4, 0.5) is 0 Å². The minimum Gasteiger partial charge on any atom is -0.480 e. The second kappa shape index (κ2) is 8.54. The summed E-state index contributed by atoms with van der Waals surface area (Å²) in [5.74, 6) is -1.12. The summed E-state index contributed by atoms with van der Waals surface area (Å²) in [6.07, 6.45) is 4.08. The summed E-state index contributed by atoms with van der Waals surface area (Å²) in [5.41, 5.74) is 3.17. The maximum atomic E-state index is 12.5. The summed E-state index contributed by atoms with van der Waals surface area (Å²) in [6, 6.07) is 16.6. The fourth-order valence-corrected chi connectivity index (χ4v) is 3.35. The summed E-state index contributed by atoms with van der Waals surface area (Å²) in [7, 11) is 1.58. The molecular weight excluding hydrogens is 340 g/mol. The quantitative estimate of drug-likeness (QED) is 0.641. The molecule has 1 amide bonds. The molecule has 0 bridgehead atoms. The maximum absolute atomic E-state index is 12.5. The Hall–Kier alpha value is -3.08. The maximum Gasteiger partial charge on any atom is 0.326 e. The van der Waals surface area contributed by atoms with Crippen LogP contribution in [0.1, 0.15) is 24.0 Å². The average Bonchev–Trinajstić information content (AvgIpc) is 3.09. The molecule has 5 nitrogen and oxygen atoms in total. The van der Waals surface area contributed by atoms with E-state index in [0.29, 0.717) is 19.3 Å². The fraction of sp³-hybridized carbons (Fsp3) is 0.273. The summed E-state index contributed by atoms with van der Waals surface area (Å²) >= 11 is 0. The number of nitrogens with one attached hydrogen (secondary N) is 1. The zero-order chi connectivity index (χ0) is 19.2. The molecule has 0 saturated heterocycles. The highest BCUT2D eigenvalue weighted by atomic mass is 16.4. The Morgan fingerprint density at radius 2 is 1.78 bits per heavy atom. The van der Waals surface area contributed by atoms with Crippen LogP contribution in [-0.4, -0.2) is 40.0 Å². The average molecular weight is 364 g/mol. The van der Waals surface area contributed by atoms with E-state index >= 15 is 0 Å². The van der Waals surface area contributed by atoms with Gasteiger partial charge in [-0.1, -0.05) is 48.5 Å². The summed E-state index contributed by atoms with van der Waals surface area (Å²) < 4.78 is 0. The van der Waals surface area contributed by atoms with Crippen LogP contribution in [-0.2, 0) is 22.4 Å². The number of H-pyrrole nitrogens is 1. The predicted octanol–water partition coefficient (Wildman–Crippen LogP) is 3.64. The van der Waals surface area contributed by atoms with Gasteiger partial charge in [-0.15, -0.1) is 0 Å². The number of fused-ring (bicyclic) bond motifs is 1. The Balaban J connectivity index is 1.57. The molecule has 0 radical (unpaired) electrons. The Bertz CT molecular complexity index is 917. The molecule has 1 heterocycles. The molecule has 0 aliphatic heterocycles. The van der Waals surface area contributed by atoms with Crippen LogP contribution in [0.15, 0.2) is 60.8 Å². The van der Waals surface area contributed by atoms with E-state index in [4.69, 9.17) is 0 Å². The van der Waals surface area contributed by atoms with Crippen LogP contribution < -0.4 is 0 Å². The second-order valence-corrected chi connectivity index (χ2v) is 6.76. The summed E-state index contributed by atoms with van der Waals surface area (Å²) in [4.78, 5) is 28.8. The van der Waals surface area contributed by atoms with Crippen molar-refractivity contribution in [2.24, 2.45) is 0 Å². The van der Waals surface area contributed by atoms with Gasteiger partial charge in [0.25, 0.3) is 0 Å². The molecule has 5 heteroatoms. The predicted molar refractivity (Wildman–Crippen MR) is 106 cm³/mol. The standard InChI is InChI=1S/C22H24N2O3/c1-24(20(22(26)27)14-16-8-3-2-4-9-16)21(25)13-7-10-17-15-23-19-12-6-5-11-18(17)19/h2-6,8-9,11-12,15,20,23H,7,10,13-14H2,1H3,(H,26,27). The Kier molecular flexibility index (Phi) is 5.91. The number of carboxylic acids is 1. The van der Waals surface area contributed by atoms with Crippen molar-refractivity contribution >= 4 is 22.8 Å². The first-order chi connectivity index (χ1) is 13.1. The molecule has 1 aromatic heterocycles. The largest absolute Gasteiger partial charge is 0.480 e. The number of aromatic amines is 1. The van der Waals surface area contributed by atoms with Gasteiger partial charge >= 0.3 is 5.97 Å². The number of likely N-dealkylation sites (N-methyl/N-ethyl adjacent to an activating group) is 1. The van der Waals surface area contributed by atoms with Crippen molar-refractivity contribution in [2.75, 3.05) is 7.05 Å².